The Balaban J connectivity index is 2.37. The van der Waals surface area contributed by atoms with Gasteiger partial charge in [0.2, 0.25) is 0 Å². The van der Waals surface area contributed by atoms with Gasteiger partial charge < -0.3 is 0 Å². The molecule has 98 valence electrons. The molecule has 0 aliphatic carbocycles. The Morgan fingerprint density at radius 2 is 1.45 bits per heavy atom. The molecule has 0 saturated carbocycles. The first-order chi connectivity index (χ1) is 9.68. The van der Waals surface area contributed by atoms with E-state index in [-0.39, 0.29) is 10.6 Å². The summed E-state index contributed by atoms with van der Waals surface area (Å²) < 4.78 is 0. The fraction of sp³-hybridized carbons (Fsp3) is 0. The van der Waals surface area contributed by atoms with Crippen LogP contribution in [0.5, 0.6) is 0 Å². The summed E-state index contributed by atoms with van der Waals surface area (Å²) in [5.41, 5.74) is 1.52. The standard InChI is InChI=1S/C16H10ClNO2/c17-15-10-9-12(11-5-1-2-6-13(11)15)14-7-3-4-8-16(14)18(19)20/h1-10H. The molecule has 3 rings (SSSR count). The average molecular weight is 284 g/mol. The third kappa shape index (κ3) is 2.02. The monoisotopic (exact) mass is 283 g/mol. The van der Waals surface area contributed by atoms with Gasteiger partial charge in [-0.1, -0.05) is 54.1 Å². The molecule has 3 aromatic carbocycles. The Labute approximate surface area is 120 Å². The number of rotatable bonds is 2. The molecule has 0 bridgehead atoms. The number of fused-ring (bicyclic) bond motifs is 1. The van der Waals surface area contributed by atoms with Gasteiger partial charge in [-0.25, -0.2) is 0 Å². The highest BCUT2D eigenvalue weighted by Crippen LogP contribution is 2.37. The van der Waals surface area contributed by atoms with E-state index in [1.54, 1.807) is 24.3 Å². The highest BCUT2D eigenvalue weighted by molar-refractivity contribution is 6.36. The first kappa shape index (κ1) is 12.6. The van der Waals surface area contributed by atoms with E-state index in [9.17, 15) is 10.1 Å². The van der Waals surface area contributed by atoms with Crippen LogP contribution in [0.1, 0.15) is 0 Å². The van der Waals surface area contributed by atoms with Gasteiger partial charge in [0.1, 0.15) is 0 Å². The van der Waals surface area contributed by atoms with Crippen LogP contribution in [0.3, 0.4) is 0 Å². The molecule has 0 heterocycles. The highest BCUT2D eigenvalue weighted by atomic mass is 35.5. The number of hydrogen-bond acceptors (Lipinski definition) is 2. The zero-order chi connectivity index (χ0) is 14.1. The van der Waals surface area contributed by atoms with Gasteiger partial charge in [-0.15, -0.1) is 0 Å². The van der Waals surface area contributed by atoms with Crippen molar-refractivity contribution in [2.75, 3.05) is 0 Å². The summed E-state index contributed by atoms with van der Waals surface area (Å²) in [6.07, 6.45) is 0. The molecular weight excluding hydrogens is 274 g/mol. The van der Waals surface area contributed by atoms with Crippen LogP contribution in [-0.4, -0.2) is 4.92 Å². The van der Waals surface area contributed by atoms with Crippen molar-refractivity contribution in [2.45, 2.75) is 0 Å². The van der Waals surface area contributed by atoms with Crippen molar-refractivity contribution in [3.63, 3.8) is 0 Å². The van der Waals surface area contributed by atoms with E-state index in [2.05, 4.69) is 0 Å². The molecule has 0 spiro atoms. The minimum atomic E-state index is -0.362. The van der Waals surface area contributed by atoms with Crippen molar-refractivity contribution in [3.8, 4) is 11.1 Å². The lowest BCUT2D eigenvalue weighted by Gasteiger charge is -2.08. The van der Waals surface area contributed by atoms with Crippen molar-refractivity contribution < 1.29 is 4.92 Å². The predicted octanol–water partition coefficient (Wildman–Crippen LogP) is 5.07. The normalized spacial score (nSPS) is 10.7. The van der Waals surface area contributed by atoms with Crippen LogP contribution in [0.15, 0.2) is 60.7 Å². The van der Waals surface area contributed by atoms with Crippen LogP contribution in [0.2, 0.25) is 5.02 Å². The number of benzene rings is 3. The Bertz CT molecular complexity index is 814. The maximum Gasteiger partial charge on any atom is 0.277 e. The maximum absolute atomic E-state index is 11.2. The number of nitrogens with zero attached hydrogens (tertiary/aromatic N) is 1. The van der Waals surface area contributed by atoms with Crippen molar-refractivity contribution in [2.24, 2.45) is 0 Å². The molecule has 0 amide bonds. The van der Waals surface area contributed by atoms with E-state index >= 15 is 0 Å². The van der Waals surface area contributed by atoms with E-state index in [1.165, 1.54) is 6.07 Å². The number of para-hydroxylation sites is 1. The first-order valence-electron chi connectivity index (χ1n) is 6.09. The topological polar surface area (TPSA) is 43.1 Å². The first-order valence-corrected chi connectivity index (χ1v) is 6.47. The van der Waals surface area contributed by atoms with Gasteiger partial charge in [0.25, 0.3) is 5.69 Å². The number of halogens is 1. The zero-order valence-corrected chi connectivity index (χ0v) is 11.2. The van der Waals surface area contributed by atoms with Gasteiger partial charge >= 0.3 is 0 Å². The van der Waals surface area contributed by atoms with Crippen molar-refractivity contribution >= 4 is 28.1 Å². The molecule has 0 radical (unpaired) electrons. The lowest BCUT2D eigenvalue weighted by atomic mass is 9.97. The average Bonchev–Trinajstić information content (AvgIpc) is 2.48. The molecule has 4 heteroatoms. The summed E-state index contributed by atoms with van der Waals surface area (Å²) >= 11 is 6.18. The minimum absolute atomic E-state index is 0.0972. The lowest BCUT2D eigenvalue weighted by Crippen LogP contribution is -1.92. The summed E-state index contributed by atoms with van der Waals surface area (Å²) in [7, 11) is 0. The minimum Gasteiger partial charge on any atom is -0.258 e. The van der Waals surface area contributed by atoms with Crippen LogP contribution in [-0.2, 0) is 0 Å². The van der Waals surface area contributed by atoms with E-state index in [0.29, 0.717) is 10.6 Å². The van der Waals surface area contributed by atoms with Crippen LogP contribution in [0, 0.1) is 10.1 Å². The second-order valence-corrected chi connectivity index (χ2v) is 4.82. The molecule has 0 aromatic heterocycles. The van der Waals surface area contributed by atoms with Crippen molar-refractivity contribution in [3.05, 3.63) is 75.8 Å². The van der Waals surface area contributed by atoms with Gasteiger partial charge in [-0.05, 0) is 23.1 Å². The molecule has 0 aliphatic heterocycles. The lowest BCUT2D eigenvalue weighted by molar-refractivity contribution is -0.384. The van der Waals surface area contributed by atoms with Crippen LogP contribution < -0.4 is 0 Å². The maximum atomic E-state index is 11.2. The summed E-state index contributed by atoms with van der Waals surface area (Å²) in [5.74, 6) is 0. The molecule has 0 fully saturated rings. The van der Waals surface area contributed by atoms with Crippen molar-refractivity contribution in [1.82, 2.24) is 0 Å². The van der Waals surface area contributed by atoms with E-state index in [4.69, 9.17) is 11.6 Å². The molecule has 0 saturated heterocycles. The highest BCUT2D eigenvalue weighted by Gasteiger charge is 2.16. The molecular formula is C16H10ClNO2. The third-order valence-electron chi connectivity index (χ3n) is 3.26. The van der Waals surface area contributed by atoms with Crippen molar-refractivity contribution in [1.29, 1.82) is 0 Å². The Morgan fingerprint density at radius 3 is 2.20 bits per heavy atom. The largest absolute Gasteiger partial charge is 0.277 e. The molecule has 0 N–H and O–H groups in total. The van der Waals surface area contributed by atoms with E-state index < -0.39 is 0 Å². The summed E-state index contributed by atoms with van der Waals surface area (Å²) in [6, 6.07) is 18.0. The fourth-order valence-electron chi connectivity index (χ4n) is 2.36. The second kappa shape index (κ2) is 4.94. The van der Waals surface area contributed by atoms with Crippen LogP contribution >= 0.6 is 11.6 Å². The van der Waals surface area contributed by atoms with Gasteiger partial charge in [0, 0.05) is 16.5 Å². The smallest absolute Gasteiger partial charge is 0.258 e. The second-order valence-electron chi connectivity index (χ2n) is 4.41. The molecule has 0 aliphatic rings. The molecule has 0 unspecified atom stereocenters. The predicted molar refractivity (Wildman–Crippen MR) is 81.0 cm³/mol. The van der Waals surface area contributed by atoms with Gasteiger partial charge in [-0.3, -0.25) is 10.1 Å². The van der Waals surface area contributed by atoms with E-state index in [0.717, 1.165) is 16.3 Å². The Kier molecular flexibility index (Phi) is 3.12. The Hall–Kier alpha value is -2.39. The summed E-state index contributed by atoms with van der Waals surface area (Å²) in [4.78, 5) is 10.8. The van der Waals surface area contributed by atoms with Crippen LogP contribution in [0.25, 0.3) is 21.9 Å². The molecule has 3 aromatic rings. The number of nitro groups is 1. The molecule has 3 nitrogen and oxygen atoms in total. The van der Waals surface area contributed by atoms with E-state index in [1.807, 2.05) is 30.3 Å². The number of hydrogen-bond donors (Lipinski definition) is 0. The van der Waals surface area contributed by atoms with Gasteiger partial charge in [0.15, 0.2) is 0 Å². The SMILES string of the molecule is O=[N+]([O-])c1ccccc1-c1ccc(Cl)c2ccccc12. The number of nitro benzene ring substituents is 1. The zero-order valence-electron chi connectivity index (χ0n) is 10.4. The summed E-state index contributed by atoms with van der Waals surface area (Å²) in [6.45, 7) is 0. The van der Waals surface area contributed by atoms with Crippen LogP contribution in [0.4, 0.5) is 5.69 Å². The molecule has 0 atom stereocenters. The fourth-order valence-corrected chi connectivity index (χ4v) is 2.59. The Morgan fingerprint density at radius 1 is 0.800 bits per heavy atom. The van der Waals surface area contributed by atoms with Gasteiger partial charge in [0.05, 0.1) is 10.5 Å². The third-order valence-corrected chi connectivity index (χ3v) is 3.59. The quantitative estimate of drug-likeness (QED) is 0.487. The molecule has 20 heavy (non-hydrogen) atoms. The van der Waals surface area contributed by atoms with Gasteiger partial charge in [-0.2, -0.15) is 0 Å². The summed E-state index contributed by atoms with van der Waals surface area (Å²) in [5, 5.41) is 13.6.